The molecular formula is C20H26N4O5. The molecule has 1 fully saturated rings. The van der Waals surface area contributed by atoms with Crippen LogP contribution in [0.25, 0.3) is 11.5 Å². The molecule has 0 aliphatic heterocycles. The van der Waals surface area contributed by atoms with Crippen molar-refractivity contribution in [2.75, 3.05) is 0 Å². The van der Waals surface area contributed by atoms with Gasteiger partial charge in [-0.3, -0.25) is 15.0 Å². The van der Waals surface area contributed by atoms with Crippen LogP contribution in [-0.2, 0) is 4.79 Å². The third-order valence-corrected chi connectivity index (χ3v) is 5.47. The number of carbonyl (C=O) groups excluding carboxylic acids is 1. The van der Waals surface area contributed by atoms with Crippen LogP contribution in [0.4, 0.5) is 0 Å². The SMILES string of the molecule is O=C(CC(CCCC1CCCCC1)c1nc(-c2cc(C(=O)O)ccn2)no1)NO. The Labute approximate surface area is 168 Å². The van der Waals surface area contributed by atoms with Crippen molar-refractivity contribution in [3.8, 4) is 11.5 Å². The lowest BCUT2D eigenvalue weighted by atomic mass is 9.84. The average molecular weight is 402 g/mol. The number of pyridine rings is 1. The number of nitrogens with one attached hydrogen (secondary N) is 1. The third kappa shape index (κ3) is 5.83. The van der Waals surface area contributed by atoms with Gasteiger partial charge in [0.05, 0.1) is 5.56 Å². The minimum atomic E-state index is -1.07. The molecule has 1 unspecified atom stereocenters. The van der Waals surface area contributed by atoms with Crippen LogP contribution in [0.15, 0.2) is 22.9 Å². The lowest BCUT2D eigenvalue weighted by Crippen LogP contribution is -2.21. The Morgan fingerprint density at radius 2 is 2.07 bits per heavy atom. The van der Waals surface area contributed by atoms with E-state index < -0.39 is 11.9 Å². The van der Waals surface area contributed by atoms with Gasteiger partial charge < -0.3 is 9.63 Å². The van der Waals surface area contributed by atoms with Gasteiger partial charge in [0, 0.05) is 18.5 Å². The Morgan fingerprint density at radius 1 is 1.28 bits per heavy atom. The maximum Gasteiger partial charge on any atom is 0.335 e. The molecule has 0 aromatic carbocycles. The quantitative estimate of drug-likeness (QED) is 0.427. The van der Waals surface area contributed by atoms with Crippen molar-refractivity contribution in [1.29, 1.82) is 0 Å². The molecule has 3 N–H and O–H groups in total. The van der Waals surface area contributed by atoms with Crippen LogP contribution in [0.2, 0.25) is 0 Å². The number of hydroxylamine groups is 1. The molecule has 156 valence electrons. The first-order chi connectivity index (χ1) is 14.1. The van der Waals surface area contributed by atoms with E-state index >= 15 is 0 Å². The van der Waals surface area contributed by atoms with E-state index in [0.717, 1.165) is 18.8 Å². The van der Waals surface area contributed by atoms with Crippen LogP contribution in [0.3, 0.4) is 0 Å². The van der Waals surface area contributed by atoms with Gasteiger partial charge in [0.15, 0.2) is 0 Å². The van der Waals surface area contributed by atoms with Gasteiger partial charge in [-0.2, -0.15) is 4.98 Å². The van der Waals surface area contributed by atoms with E-state index in [9.17, 15) is 9.59 Å². The summed E-state index contributed by atoms with van der Waals surface area (Å²) in [7, 11) is 0. The van der Waals surface area contributed by atoms with Gasteiger partial charge in [0.1, 0.15) is 5.69 Å². The molecule has 2 aromatic rings. The number of amides is 1. The number of nitrogens with zero attached hydrogens (tertiary/aromatic N) is 3. The molecule has 29 heavy (non-hydrogen) atoms. The highest BCUT2D eigenvalue weighted by atomic mass is 16.5. The second-order valence-electron chi connectivity index (χ2n) is 7.56. The molecule has 1 atom stereocenters. The first kappa shape index (κ1) is 20.9. The van der Waals surface area contributed by atoms with Crippen LogP contribution in [0, 0.1) is 5.92 Å². The first-order valence-corrected chi connectivity index (χ1v) is 10.0. The number of carboxylic acid groups (broad SMARTS) is 1. The van der Waals surface area contributed by atoms with Gasteiger partial charge in [-0.05, 0) is 24.5 Å². The summed E-state index contributed by atoms with van der Waals surface area (Å²) in [5.41, 5.74) is 2.02. The predicted octanol–water partition coefficient (Wildman–Crippen LogP) is 3.56. The molecule has 1 aliphatic rings. The van der Waals surface area contributed by atoms with Gasteiger partial charge >= 0.3 is 5.97 Å². The molecular weight excluding hydrogens is 376 g/mol. The Kier molecular flexibility index (Phi) is 7.29. The molecule has 0 bridgehead atoms. The Balaban J connectivity index is 1.69. The zero-order chi connectivity index (χ0) is 20.6. The predicted molar refractivity (Wildman–Crippen MR) is 102 cm³/mol. The summed E-state index contributed by atoms with van der Waals surface area (Å²) < 4.78 is 5.36. The molecule has 3 rings (SSSR count). The fourth-order valence-corrected chi connectivity index (χ4v) is 3.90. The molecule has 0 radical (unpaired) electrons. The normalized spacial score (nSPS) is 15.8. The van der Waals surface area contributed by atoms with Crippen LogP contribution in [0.5, 0.6) is 0 Å². The molecule has 1 saturated carbocycles. The second-order valence-corrected chi connectivity index (χ2v) is 7.56. The number of carbonyl (C=O) groups is 2. The van der Waals surface area contributed by atoms with E-state index in [1.807, 2.05) is 0 Å². The fourth-order valence-electron chi connectivity index (χ4n) is 3.90. The van der Waals surface area contributed by atoms with Crippen LogP contribution in [0.1, 0.15) is 80.0 Å². The van der Waals surface area contributed by atoms with Crippen molar-refractivity contribution in [2.24, 2.45) is 5.92 Å². The third-order valence-electron chi connectivity index (χ3n) is 5.47. The van der Waals surface area contributed by atoms with Gasteiger partial charge in [0.2, 0.25) is 17.6 Å². The summed E-state index contributed by atoms with van der Waals surface area (Å²) >= 11 is 0. The van der Waals surface area contributed by atoms with Gasteiger partial charge in [0.25, 0.3) is 0 Å². The highest BCUT2D eigenvalue weighted by Gasteiger charge is 2.24. The van der Waals surface area contributed by atoms with E-state index in [2.05, 4.69) is 15.1 Å². The van der Waals surface area contributed by atoms with Crippen molar-refractivity contribution < 1.29 is 24.4 Å². The van der Waals surface area contributed by atoms with Crippen molar-refractivity contribution in [3.63, 3.8) is 0 Å². The van der Waals surface area contributed by atoms with Crippen molar-refractivity contribution >= 4 is 11.9 Å². The van der Waals surface area contributed by atoms with E-state index in [0.29, 0.717) is 6.42 Å². The minimum Gasteiger partial charge on any atom is -0.478 e. The Bertz CT molecular complexity index is 832. The summed E-state index contributed by atoms with van der Waals surface area (Å²) in [5.74, 6) is -0.720. The number of hydrogen-bond acceptors (Lipinski definition) is 7. The van der Waals surface area contributed by atoms with Crippen molar-refractivity contribution in [1.82, 2.24) is 20.6 Å². The number of rotatable bonds is 9. The number of aromatic nitrogens is 3. The highest BCUT2D eigenvalue weighted by molar-refractivity contribution is 5.88. The van der Waals surface area contributed by atoms with Crippen LogP contribution in [-0.4, -0.2) is 37.3 Å². The summed E-state index contributed by atoms with van der Waals surface area (Å²) in [6.45, 7) is 0. The molecule has 2 heterocycles. The van der Waals surface area contributed by atoms with E-state index in [4.69, 9.17) is 14.8 Å². The molecule has 1 aliphatic carbocycles. The number of hydrogen-bond donors (Lipinski definition) is 3. The van der Waals surface area contributed by atoms with Crippen molar-refractivity contribution in [2.45, 2.75) is 63.7 Å². The lowest BCUT2D eigenvalue weighted by Gasteiger charge is -2.22. The summed E-state index contributed by atoms with van der Waals surface area (Å²) in [4.78, 5) is 31.3. The zero-order valence-corrected chi connectivity index (χ0v) is 16.2. The largest absolute Gasteiger partial charge is 0.478 e. The van der Waals surface area contributed by atoms with Crippen LogP contribution < -0.4 is 5.48 Å². The molecule has 0 saturated heterocycles. The standard InChI is InChI=1S/C20H26N4O5/c25-17(23-28)12-14(8-4-7-13-5-2-1-3-6-13)19-22-18(24-29-19)16-11-15(20(26)27)9-10-21-16/h9-11,13-14,28H,1-8,12H2,(H,23,25)(H,26,27). The van der Waals surface area contributed by atoms with E-state index in [1.165, 1.54) is 50.4 Å². The topological polar surface area (TPSA) is 138 Å². The van der Waals surface area contributed by atoms with Crippen LogP contribution >= 0.6 is 0 Å². The molecule has 2 aromatic heterocycles. The smallest absolute Gasteiger partial charge is 0.335 e. The fraction of sp³-hybridized carbons (Fsp3) is 0.550. The van der Waals surface area contributed by atoms with E-state index in [1.54, 1.807) is 5.48 Å². The second kappa shape index (κ2) is 10.1. The van der Waals surface area contributed by atoms with Gasteiger partial charge in [-0.15, -0.1) is 0 Å². The monoisotopic (exact) mass is 402 g/mol. The number of carboxylic acids is 1. The Hall–Kier alpha value is -2.81. The number of aromatic carboxylic acids is 1. The van der Waals surface area contributed by atoms with Crippen molar-refractivity contribution in [3.05, 3.63) is 29.8 Å². The summed E-state index contributed by atoms with van der Waals surface area (Å²) in [5, 5.41) is 21.9. The zero-order valence-electron chi connectivity index (χ0n) is 16.2. The van der Waals surface area contributed by atoms with E-state index in [-0.39, 0.29) is 35.3 Å². The highest BCUT2D eigenvalue weighted by Crippen LogP contribution is 2.31. The molecule has 0 spiro atoms. The summed E-state index contributed by atoms with van der Waals surface area (Å²) in [6, 6.07) is 2.75. The molecule has 9 heteroatoms. The minimum absolute atomic E-state index is 0.0331. The van der Waals surface area contributed by atoms with Gasteiger partial charge in [-0.25, -0.2) is 10.3 Å². The molecule has 9 nitrogen and oxygen atoms in total. The average Bonchev–Trinajstić information content (AvgIpc) is 3.24. The summed E-state index contributed by atoms with van der Waals surface area (Å²) in [6.07, 6.45) is 10.5. The Morgan fingerprint density at radius 3 is 2.79 bits per heavy atom. The maximum atomic E-state index is 11.7. The van der Waals surface area contributed by atoms with Gasteiger partial charge in [-0.1, -0.05) is 50.1 Å². The first-order valence-electron chi connectivity index (χ1n) is 10.0. The molecule has 1 amide bonds. The maximum absolute atomic E-state index is 11.7. The lowest BCUT2D eigenvalue weighted by molar-refractivity contribution is -0.129.